The van der Waals surface area contributed by atoms with Crippen molar-refractivity contribution >= 4 is 44.4 Å². The molecule has 2 aromatic carbocycles. The molecule has 3 fully saturated rings. The van der Waals surface area contributed by atoms with Gasteiger partial charge >= 0.3 is 0 Å². The number of fused-ring (bicyclic) bond motifs is 5. The number of amides is 2. The van der Waals surface area contributed by atoms with Gasteiger partial charge in [0.15, 0.2) is 0 Å². The van der Waals surface area contributed by atoms with Crippen LogP contribution in [0.3, 0.4) is 0 Å². The van der Waals surface area contributed by atoms with Crippen molar-refractivity contribution in [3.63, 3.8) is 0 Å². The molecule has 8 rings (SSSR count). The maximum atomic E-state index is 14.3. The third kappa shape index (κ3) is 6.51. The molecular formula is C41H47F2N5O5S. The third-order valence-corrected chi connectivity index (χ3v) is 13.7. The van der Waals surface area contributed by atoms with Gasteiger partial charge in [-0.05, 0) is 105 Å². The van der Waals surface area contributed by atoms with Gasteiger partial charge in [-0.2, -0.15) is 5.10 Å². The molecule has 286 valence electrons. The Kier molecular flexibility index (Phi) is 9.42. The Balaban J connectivity index is 1.34. The molecule has 54 heavy (non-hydrogen) atoms. The summed E-state index contributed by atoms with van der Waals surface area (Å²) in [6.45, 7) is 3.30. The van der Waals surface area contributed by atoms with Gasteiger partial charge in [0.2, 0.25) is 10.0 Å². The van der Waals surface area contributed by atoms with Crippen molar-refractivity contribution < 1.29 is 31.5 Å². The molecule has 1 N–H and O–H groups in total. The number of ether oxygens (including phenoxy) is 1. The number of rotatable bonds is 8. The Hall–Kier alpha value is -4.52. The monoisotopic (exact) mass is 759 g/mol. The van der Waals surface area contributed by atoms with E-state index in [0.717, 1.165) is 78.2 Å². The average Bonchev–Trinajstić information content (AvgIpc) is 3.64. The molecule has 0 spiro atoms. The highest BCUT2D eigenvalue weighted by Crippen LogP contribution is 2.48. The van der Waals surface area contributed by atoms with Gasteiger partial charge in [-0.15, -0.1) is 0 Å². The SMILES string of the molecule is COc1ccc2c(c1)C=C(c1c(C(=O)N3CCC(F)(F)CC3)cnn1C1CCC1)Cn1c-2c(C2CCCCC2)c2ccc(C(=O)NS(=O)(=O)C(C)C)cc21. The van der Waals surface area contributed by atoms with Crippen molar-refractivity contribution in [3.8, 4) is 17.0 Å². The maximum absolute atomic E-state index is 14.3. The van der Waals surface area contributed by atoms with E-state index >= 15 is 0 Å². The van der Waals surface area contributed by atoms with Gasteiger partial charge in [0, 0.05) is 48.0 Å². The summed E-state index contributed by atoms with van der Waals surface area (Å²) < 4.78 is 66.0. The van der Waals surface area contributed by atoms with Gasteiger partial charge in [-0.3, -0.25) is 14.3 Å². The summed E-state index contributed by atoms with van der Waals surface area (Å²) in [7, 11) is -2.24. The lowest BCUT2D eigenvalue weighted by Gasteiger charge is -2.32. The lowest BCUT2D eigenvalue weighted by molar-refractivity contribution is -0.0494. The fraction of sp³-hybridized carbons (Fsp3) is 0.488. The zero-order valence-corrected chi connectivity index (χ0v) is 31.9. The van der Waals surface area contributed by atoms with Gasteiger partial charge in [-0.25, -0.2) is 21.9 Å². The number of allylic oxidation sites excluding steroid dienone is 1. The molecule has 1 saturated heterocycles. The van der Waals surface area contributed by atoms with Gasteiger partial charge < -0.3 is 14.2 Å². The molecule has 0 bridgehead atoms. The minimum Gasteiger partial charge on any atom is -0.497 e. The number of hydrogen-bond acceptors (Lipinski definition) is 6. The molecule has 10 nitrogen and oxygen atoms in total. The number of carbonyl (C=O) groups excluding carboxylic acids is 2. The molecule has 2 aliphatic heterocycles. The van der Waals surface area contributed by atoms with Gasteiger partial charge in [0.1, 0.15) is 5.75 Å². The fourth-order valence-corrected chi connectivity index (χ4v) is 9.20. The number of likely N-dealkylation sites (tertiary alicyclic amines) is 1. The van der Waals surface area contributed by atoms with Gasteiger partial charge in [0.05, 0.1) is 48.1 Å². The van der Waals surface area contributed by atoms with Crippen LogP contribution in [-0.4, -0.2) is 70.9 Å². The summed E-state index contributed by atoms with van der Waals surface area (Å²) in [5, 5.41) is 5.01. The van der Waals surface area contributed by atoms with Crippen LogP contribution in [0.15, 0.2) is 42.6 Å². The van der Waals surface area contributed by atoms with E-state index in [2.05, 4.69) is 21.4 Å². The summed E-state index contributed by atoms with van der Waals surface area (Å²) in [5.41, 5.74) is 7.00. The van der Waals surface area contributed by atoms with E-state index in [1.165, 1.54) is 30.7 Å². The topological polar surface area (TPSA) is 116 Å². The minimum absolute atomic E-state index is 0.0343. The Morgan fingerprint density at radius 3 is 2.37 bits per heavy atom. The van der Waals surface area contributed by atoms with Crippen molar-refractivity contribution in [2.75, 3.05) is 20.2 Å². The third-order valence-electron chi connectivity index (χ3n) is 11.9. The van der Waals surface area contributed by atoms with Crippen LogP contribution < -0.4 is 9.46 Å². The normalized spacial score (nSPS) is 19.1. The molecule has 0 atom stereocenters. The van der Waals surface area contributed by atoms with E-state index in [4.69, 9.17) is 9.84 Å². The summed E-state index contributed by atoms with van der Waals surface area (Å²) in [6.07, 6.45) is 11.3. The molecular weight excluding hydrogens is 713 g/mol. The highest BCUT2D eigenvalue weighted by atomic mass is 32.2. The number of methoxy groups -OCH3 is 1. The second-order valence-electron chi connectivity index (χ2n) is 15.6. The van der Waals surface area contributed by atoms with Crippen LogP contribution >= 0.6 is 0 Å². The molecule has 4 aromatic rings. The van der Waals surface area contributed by atoms with Crippen molar-refractivity contribution in [2.45, 2.75) is 108 Å². The number of piperidine rings is 1. The highest BCUT2D eigenvalue weighted by Gasteiger charge is 2.38. The van der Waals surface area contributed by atoms with Crippen LogP contribution in [0.5, 0.6) is 5.75 Å². The number of aromatic nitrogens is 3. The highest BCUT2D eigenvalue weighted by molar-refractivity contribution is 7.90. The van der Waals surface area contributed by atoms with Crippen LogP contribution in [0, 0.1) is 0 Å². The number of hydrogen-bond donors (Lipinski definition) is 1. The van der Waals surface area contributed by atoms with Gasteiger partial charge in [0.25, 0.3) is 17.7 Å². The fourth-order valence-electron chi connectivity index (χ4n) is 8.59. The minimum atomic E-state index is -3.87. The van der Waals surface area contributed by atoms with Crippen LogP contribution in [0.1, 0.15) is 128 Å². The van der Waals surface area contributed by atoms with Crippen LogP contribution in [-0.2, 0) is 16.6 Å². The first-order chi connectivity index (χ1) is 25.8. The molecule has 2 aliphatic carbocycles. The predicted molar refractivity (Wildman–Crippen MR) is 204 cm³/mol. The zero-order valence-electron chi connectivity index (χ0n) is 31.0. The Labute approximate surface area is 314 Å². The second-order valence-corrected chi connectivity index (χ2v) is 17.9. The van der Waals surface area contributed by atoms with Crippen molar-refractivity contribution in [1.29, 1.82) is 0 Å². The Morgan fingerprint density at radius 2 is 1.70 bits per heavy atom. The average molecular weight is 760 g/mol. The first kappa shape index (κ1) is 36.5. The van der Waals surface area contributed by atoms with E-state index in [1.807, 2.05) is 22.9 Å². The summed E-state index contributed by atoms with van der Waals surface area (Å²) in [5.74, 6) is -2.86. The van der Waals surface area contributed by atoms with Crippen molar-refractivity contribution in [1.82, 2.24) is 24.0 Å². The summed E-state index contributed by atoms with van der Waals surface area (Å²) in [4.78, 5) is 29.3. The Morgan fingerprint density at radius 1 is 0.963 bits per heavy atom. The second kappa shape index (κ2) is 14.0. The molecule has 2 saturated carbocycles. The number of benzene rings is 2. The molecule has 13 heteroatoms. The standard InChI is InChI=1S/C41H47F2N5O5S/c1-25(2)54(51,52)45-39(49)27-12-14-33-35(22-27)47-24-29(20-28-21-31(53-3)13-15-32(28)38(47)36(33)26-8-5-4-6-9-26)37-34(23-44-48(37)30-10-7-11-30)40(50)46-18-16-41(42,43)17-19-46/h12-15,20-23,25-26,30H,4-11,16-19,24H2,1-3H3,(H,45,49). The first-order valence-corrected chi connectivity index (χ1v) is 20.8. The molecule has 4 heterocycles. The van der Waals surface area contributed by atoms with E-state index in [-0.39, 0.29) is 49.4 Å². The van der Waals surface area contributed by atoms with E-state index in [1.54, 1.807) is 25.4 Å². The Bertz CT molecular complexity index is 2270. The molecule has 0 radical (unpaired) electrons. The molecule has 4 aliphatic rings. The number of sulfonamides is 1. The zero-order chi connectivity index (χ0) is 37.9. The van der Waals surface area contributed by atoms with Crippen LogP contribution in [0.4, 0.5) is 8.78 Å². The molecule has 0 unspecified atom stereocenters. The molecule has 2 amide bonds. The smallest absolute Gasteiger partial charge is 0.264 e. The molecule has 2 aromatic heterocycles. The van der Waals surface area contributed by atoms with Crippen LogP contribution in [0.25, 0.3) is 33.8 Å². The number of nitrogens with zero attached hydrogens (tertiary/aromatic N) is 4. The lowest BCUT2D eigenvalue weighted by Crippen LogP contribution is -2.43. The predicted octanol–water partition coefficient (Wildman–Crippen LogP) is 8.18. The quantitative estimate of drug-likeness (QED) is 0.194. The van der Waals surface area contributed by atoms with E-state index in [9.17, 15) is 26.8 Å². The largest absolute Gasteiger partial charge is 0.497 e. The lowest BCUT2D eigenvalue weighted by atomic mass is 9.81. The number of alkyl halides is 2. The number of nitrogens with one attached hydrogen (secondary N) is 1. The first-order valence-electron chi connectivity index (χ1n) is 19.2. The summed E-state index contributed by atoms with van der Waals surface area (Å²) in [6, 6.07) is 11.5. The van der Waals surface area contributed by atoms with Crippen molar-refractivity contribution in [3.05, 3.63) is 70.5 Å². The van der Waals surface area contributed by atoms with Crippen LogP contribution in [0.2, 0.25) is 0 Å². The van der Waals surface area contributed by atoms with Crippen molar-refractivity contribution in [2.24, 2.45) is 0 Å². The van der Waals surface area contributed by atoms with Gasteiger partial charge in [-0.1, -0.05) is 25.3 Å². The van der Waals surface area contributed by atoms with E-state index < -0.39 is 27.1 Å². The number of carbonyl (C=O) groups is 2. The summed E-state index contributed by atoms with van der Waals surface area (Å²) >= 11 is 0. The van der Waals surface area contributed by atoms with E-state index in [0.29, 0.717) is 23.6 Å². The maximum Gasteiger partial charge on any atom is 0.264 e. The number of halogens is 2.